The third kappa shape index (κ3) is 4.86. The van der Waals surface area contributed by atoms with E-state index in [0.717, 1.165) is 5.56 Å². The van der Waals surface area contributed by atoms with E-state index in [2.05, 4.69) is 5.32 Å². The van der Waals surface area contributed by atoms with Gasteiger partial charge >= 0.3 is 5.97 Å². The topological polar surface area (TPSA) is 75.3 Å². The number of carbonyl (C=O) groups excluding carboxylic acids is 1. The van der Waals surface area contributed by atoms with E-state index in [0.29, 0.717) is 13.2 Å². The van der Waals surface area contributed by atoms with Gasteiger partial charge in [0.1, 0.15) is 18.3 Å². The van der Waals surface area contributed by atoms with E-state index in [4.69, 9.17) is 23.7 Å². The summed E-state index contributed by atoms with van der Waals surface area (Å²) >= 11 is 0. The maximum absolute atomic E-state index is 12.2. The maximum Gasteiger partial charge on any atom is 0.307 e. The van der Waals surface area contributed by atoms with E-state index in [9.17, 15) is 4.79 Å². The number of methoxy groups -OCH3 is 1. The Morgan fingerprint density at radius 3 is 2.59 bits per heavy atom. The second-order valence-corrected chi connectivity index (χ2v) is 7.25. The van der Waals surface area contributed by atoms with Gasteiger partial charge in [0.25, 0.3) is 0 Å². The standard InChI is InChI=1S/C20H29NO6/c1-5-24-15(22)11-14(21-12-13-9-7-6-8-10-13)16-17-18(19(23-4)25-16)27-20(2,3)26-17/h6-10,14,16-19,21H,5,11-12H2,1-4H3/t14-,16-,17-,18-,19-/m1/s1. The van der Waals surface area contributed by atoms with Crippen LogP contribution in [0.25, 0.3) is 0 Å². The molecule has 5 atom stereocenters. The van der Waals surface area contributed by atoms with Crippen LogP contribution in [0.2, 0.25) is 0 Å². The number of esters is 1. The molecule has 0 saturated carbocycles. The van der Waals surface area contributed by atoms with E-state index in [1.165, 1.54) is 0 Å². The molecular weight excluding hydrogens is 350 g/mol. The first-order chi connectivity index (χ1) is 12.9. The molecule has 2 heterocycles. The fourth-order valence-electron chi connectivity index (χ4n) is 3.65. The fourth-order valence-corrected chi connectivity index (χ4v) is 3.65. The van der Waals surface area contributed by atoms with Crippen molar-refractivity contribution in [3.63, 3.8) is 0 Å². The highest BCUT2D eigenvalue weighted by Crippen LogP contribution is 2.40. The van der Waals surface area contributed by atoms with E-state index in [-0.39, 0.29) is 30.6 Å². The lowest BCUT2D eigenvalue weighted by molar-refractivity contribution is -0.230. The Morgan fingerprint density at radius 2 is 1.93 bits per heavy atom. The van der Waals surface area contributed by atoms with Crippen LogP contribution in [0, 0.1) is 0 Å². The van der Waals surface area contributed by atoms with Gasteiger partial charge < -0.3 is 29.0 Å². The molecule has 150 valence electrons. The van der Waals surface area contributed by atoms with Gasteiger partial charge in [-0.05, 0) is 26.3 Å². The highest BCUT2D eigenvalue weighted by atomic mass is 16.8. The number of carbonyl (C=O) groups is 1. The lowest BCUT2D eigenvalue weighted by Crippen LogP contribution is -2.47. The van der Waals surface area contributed by atoms with E-state index in [1.807, 2.05) is 44.2 Å². The van der Waals surface area contributed by atoms with Gasteiger partial charge in [0.05, 0.1) is 13.0 Å². The molecule has 0 radical (unpaired) electrons. The van der Waals surface area contributed by atoms with E-state index in [1.54, 1.807) is 14.0 Å². The quantitative estimate of drug-likeness (QED) is 0.692. The molecule has 0 amide bonds. The summed E-state index contributed by atoms with van der Waals surface area (Å²) in [5, 5.41) is 3.43. The normalized spacial score (nSPS) is 30.1. The van der Waals surface area contributed by atoms with Crippen molar-refractivity contribution in [3.8, 4) is 0 Å². The summed E-state index contributed by atoms with van der Waals surface area (Å²) in [4.78, 5) is 12.2. The minimum Gasteiger partial charge on any atom is -0.466 e. The van der Waals surface area contributed by atoms with Crippen LogP contribution >= 0.6 is 0 Å². The molecule has 0 aromatic heterocycles. The molecule has 2 aliphatic rings. The molecule has 2 fully saturated rings. The molecule has 2 saturated heterocycles. The van der Waals surface area contributed by atoms with E-state index < -0.39 is 18.2 Å². The third-order valence-corrected chi connectivity index (χ3v) is 4.78. The van der Waals surface area contributed by atoms with Gasteiger partial charge in [-0.1, -0.05) is 30.3 Å². The first-order valence-corrected chi connectivity index (χ1v) is 9.40. The molecule has 0 unspecified atom stereocenters. The minimum atomic E-state index is -0.720. The molecule has 2 aliphatic heterocycles. The van der Waals surface area contributed by atoms with Gasteiger partial charge in [-0.3, -0.25) is 4.79 Å². The average molecular weight is 379 g/mol. The maximum atomic E-state index is 12.2. The molecule has 27 heavy (non-hydrogen) atoms. The van der Waals surface area contributed by atoms with Crippen LogP contribution < -0.4 is 5.32 Å². The van der Waals surface area contributed by atoms with Crippen molar-refractivity contribution in [3.05, 3.63) is 35.9 Å². The largest absolute Gasteiger partial charge is 0.466 e. The third-order valence-electron chi connectivity index (χ3n) is 4.78. The van der Waals surface area contributed by atoms with Crippen molar-refractivity contribution in [1.82, 2.24) is 5.32 Å². The van der Waals surface area contributed by atoms with Crippen molar-refractivity contribution in [2.45, 2.75) is 70.2 Å². The van der Waals surface area contributed by atoms with Crippen LogP contribution in [0.15, 0.2) is 30.3 Å². The second-order valence-electron chi connectivity index (χ2n) is 7.25. The zero-order valence-corrected chi connectivity index (χ0v) is 16.3. The van der Waals surface area contributed by atoms with Crippen LogP contribution in [0.4, 0.5) is 0 Å². The Kier molecular flexibility index (Phi) is 6.49. The van der Waals surface area contributed by atoms with Crippen LogP contribution in [-0.4, -0.2) is 56.1 Å². The number of hydrogen-bond donors (Lipinski definition) is 1. The second kappa shape index (κ2) is 8.67. The molecule has 1 aromatic carbocycles. The summed E-state index contributed by atoms with van der Waals surface area (Å²) in [6, 6.07) is 9.70. The van der Waals surface area contributed by atoms with Crippen molar-refractivity contribution >= 4 is 5.97 Å². The van der Waals surface area contributed by atoms with Crippen molar-refractivity contribution in [1.29, 1.82) is 0 Å². The molecule has 7 heteroatoms. The lowest BCUT2D eigenvalue weighted by atomic mass is 10.0. The first-order valence-electron chi connectivity index (χ1n) is 9.40. The molecule has 7 nitrogen and oxygen atoms in total. The molecule has 0 aliphatic carbocycles. The van der Waals surface area contributed by atoms with E-state index >= 15 is 0 Å². The molecular formula is C20H29NO6. The minimum absolute atomic E-state index is 0.175. The molecule has 1 N–H and O–H groups in total. The Morgan fingerprint density at radius 1 is 1.22 bits per heavy atom. The van der Waals surface area contributed by atoms with Crippen molar-refractivity contribution in [2.75, 3.05) is 13.7 Å². The van der Waals surface area contributed by atoms with Crippen LogP contribution in [0.3, 0.4) is 0 Å². The monoisotopic (exact) mass is 379 g/mol. The SMILES string of the molecule is CCOC(=O)C[C@@H](NCc1ccccc1)[C@H]1O[C@@H](OC)[C@@H]2OC(C)(C)O[C@@H]21. The van der Waals surface area contributed by atoms with Crippen LogP contribution in [-0.2, 0) is 35.0 Å². The number of rotatable bonds is 8. The zero-order valence-electron chi connectivity index (χ0n) is 16.3. The Balaban J connectivity index is 1.75. The number of ether oxygens (including phenoxy) is 5. The van der Waals surface area contributed by atoms with Crippen LogP contribution in [0.5, 0.6) is 0 Å². The molecule has 0 spiro atoms. The van der Waals surface area contributed by atoms with Crippen LogP contribution in [0.1, 0.15) is 32.8 Å². The van der Waals surface area contributed by atoms with Gasteiger partial charge in [0, 0.05) is 19.7 Å². The zero-order chi connectivity index (χ0) is 19.4. The molecule has 3 rings (SSSR count). The number of benzene rings is 1. The Bertz CT molecular complexity index is 622. The summed E-state index contributed by atoms with van der Waals surface area (Å²) in [5.41, 5.74) is 1.12. The predicted molar refractivity (Wildman–Crippen MR) is 97.8 cm³/mol. The molecule has 1 aromatic rings. The number of fused-ring (bicyclic) bond motifs is 1. The van der Waals surface area contributed by atoms with Gasteiger partial charge in [0.2, 0.25) is 0 Å². The number of nitrogens with one attached hydrogen (secondary N) is 1. The Labute approximate surface area is 160 Å². The summed E-state index contributed by atoms with van der Waals surface area (Å²) in [6.45, 7) is 6.47. The highest BCUT2D eigenvalue weighted by molar-refractivity contribution is 5.70. The first kappa shape index (κ1) is 20.2. The average Bonchev–Trinajstić information content (AvgIpc) is 3.12. The van der Waals surface area contributed by atoms with Crippen molar-refractivity contribution in [2.24, 2.45) is 0 Å². The summed E-state index contributed by atoms with van der Waals surface area (Å²) in [7, 11) is 1.58. The fraction of sp³-hybridized carbons (Fsp3) is 0.650. The van der Waals surface area contributed by atoms with Gasteiger partial charge in [0.15, 0.2) is 12.1 Å². The Hall–Kier alpha value is -1.51. The summed E-state index contributed by atoms with van der Waals surface area (Å²) < 4.78 is 28.7. The summed E-state index contributed by atoms with van der Waals surface area (Å²) in [5.74, 6) is -0.996. The molecule has 0 bridgehead atoms. The van der Waals surface area contributed by atoms with Gasteiger partial charge in [-0.25, -0.2) is 0 Å². The highest BCUT2D eigenvalue weighted by Gasteiger charge is 2.57. The summed E-state index contributed by atoms with van der Waals surface area (Å²) in [6.07, 6.45) is -1.42. The number of hydrogen-bond acceptors (Lipinski definition) is 7. The smallest absolute Gasteiger partial charge is 0.307 e. The van der Waals surface area contributed by atoms with Gasteiger partial charge in [-0.15, -0.1) is 0 Å². The lowest BCUT2D eigenvalue weighted by Gasteiger charge is -2.29. The van der Waals surface area contributed by atoms with Gasteiger partial charge in [-0.2, -0.15) is 0 Å². The van der Waals surface area contributed by atoms with Crippen molar-refractivity contribution < 1.29 is 28.5 Å². The predicted octanol–water partition coefficient (Wildman–Crippen LogP) is 1.99.